The molecule has 0 aliphatic carbocycles. The maximum absolute atomic E-state index is 12.1. The average molecular weight is 239 g/mol. The van der Waals surface area contributed by atoms with Crippen LogP contribution in [0.5, 0.6) is 0 Å². The number of likely N-dealkylation sites (tertiary alicyclic amines) is 2. The van der Waals surface area contributed by atoms with E-state index in [2.05, 4.69) is 16.8 Å². The number of urea groups is 1. The molecule has 2 aliphatic rings. The molecule has 0 radical (unpaired) electrons. The number of amides is 2. The van der Waals surface area contributed by atoms with Crippen molar-refractivity contribution in [3.8, 4) is 0 Å². The van der Waals surface area contributed by atoms with E-state index in [0.29, 0.717) is 6.04 Å². The Morgan fingerprint density at radius 2 is 1.76 bits per heavy atom. The molecule has 1 atom stereocenters. The van der Waals surface area contributed by atoms with E-state index >= 15 is 0 Å². The maximum Gasteiger partial charge on any atom is 0.319 e. The van der Waals surface area contributed by atoms with Crippen LogP contribution in [0.1, 0.15) is 25.7 Å². The van der Waals surface area contributed by atoms with E-state index in [1.807, 2.05) is 14.1 Å². The fourth-order valence-electron chi connectivity index (χ4n) is 3.19. The lowest BCUT2D eigenvalue weighted by Crippen LogP contribution is -2.47. The SMILES string of the molecule is CN1CCC(C2CCCN2C(=O)N(C)C)CC1. The Morgan fingerprint density at radius 1 is 1.12 bits per heavy atom. The van der Waals surface area contributed by atoms with E-state index in [-0.39, 0.29) is 6.03 Å². The van der Waals surface area contributed by atoms with E-state index in [9.17, 15) is 4.79 Å². The minimum atomic E-state index is 0.200. The van der Waals surface area contributed by atoms with Crippen molar-refractivity contribution in [1.29, 1.82) is 0 Å². The lowest BCUT2D eigenvalue weighted by Gasteiger charge is -2.37. The van der Waals surface area contributed by atoms with Crippen LogP contribution < -0.4 is 0 Å². The van der Waals surface area contributed by atoms with Crippen LogP contribution in [0.2, 0.25) is 0 Å². The van der Waals surface area contributed by atoms with Gasteiger partial charge in [0.2, 0.25) is 0 Å². The van der Waals surface area contributed by atoms with Gasteiger partial charge in [-0.05, 0) is 51.7 Å². The zero-order chi connectivity index (χ0) is 12.4. The van der Waals surface area contributed by atoms with Gasteiger partial charge in [0.15, 0.2) is 0 Å². The summed E-state index contributed by atoms with van der Waals surface area (Å²) in [7, 11) is 5.90. The van der Waals surface area contributed by atoms with Gasteiger partial charge in [-0.25, -0.2) is 4.79 Å². The number of nitrogens with zero attached hydrogens (tertiary/aromatic N) is 3. The van der Waals surface area contributed by atoms with Crippen LogP contribution in [0.3, 0.4) is 0 Å². The molecule has 2 rings (SSSR count). The Morgan fingerprint density at radius 3 is 2.35 bits per heavy atom. The van der Waals surface area contributed by atoms with Crippen LogP contribution in [-0.4, -0.2) is 67.5 Å². The van der Waals surface area contributed by atoms with Crippen LogP contribution in [0.15, 0.2) is 0 Å². The fourth-order valence-corrected chi connectivity index (χ4v) is 3.19. The van der Waals surface area contributed by atoms with Gasteiger partial charge in [0, 0.05) is 26.7 Å². The summed E-state index contributed by atoms with van der Waals surface area (Å²) < 4.78 is 0. The van der Waals surface area contributed by atoms with E-state index in [4.69, 9.17) is 0 Å². The van der Waals surface area contributed by atoms with Gasteiger partial charge >= 0.3 is 6.03 Å². The highest BCUT2D eigenvalue weighted by atomic mass is 16.2. The molecule has 0 aromatic carbocycles. The molecule has 4 heteroatoms. The predicted molar refractivity (Wildman–Crippen MR) is 69.0 cm³/mol. The highest BCUT2D eigenvalue weighted by Gasteiger charge is 2.36. The molecule has 0 bridgehead atoms. The normalized spacial score (nSPS) is 27.5. The molecule has 2 aliphatic heterocycles. The second-order valence-electron chi connectivity index (χ2n) is 5.72. The van der Waals surface area contributed by atoms with Crippen LogP contribution in [-0.2, 0) is 0 Å². The van der Waals surface area contributed by atoms with Gasteiger partial charge in [0.25, 0.3) is 0 Å². The van der Waals surface area contributed by atoms with Crippen molar-refractivity contribution in [3.63, 3.8) is 0 Å². The molecule has 2 amide bonds. The number of piperidine rings is 1. The molecular weight excluding hydrogens is 214 g/mol. The second kappa shape index (κ2) is 5.25. The number of rotatable bonds is 1. The minimum Gasteiger partial charge on any atom is -0.331 e. The van der Waals surface area contributed by atoms with Crippen LogP contribution in [0.4, 0.5) is 4.79 Å². The number of hydrogen-bond acceptors (Lipinski definition) is 2. The second-order valence-corrected chi connectivity index (χ2v) is 5.72. The Hall–Kier alpha value is -0.770. The average Bonchev–Trinajstić information content (AvgIpc) is 2.77. The molecule has 0 aromatic heterocycles. The van der Waals surface area contributed by atoms with Crippen molar-refractivity contribution >= 4 is 6.03 Å². The first-order valence-electron chi connectivity index (χ1n) is 6.76. The Labute approximate surface area is 105 Å². The Bertz CT molecular complexity index is 272. The van der Waals surface area contributed by atoms with Crippen molar-refractivity contribution in [3.05, 3.63) is 0 Å². The molecule has 0 spiro atoms. The van der Waals surface area contributed by atoms with Crippen molar-refractivity contribution < 1.29 is 4.79 Å². The quantitative estimate of drug-likeness (QED) is 0.693. The monoisotopic (exact) mass is 239 g/mol. The number of carbonyl (C=O) groups is 1. The van der Waals surface area contributed by atoms with Crippen LogP contribution >= 0.6 is 0 Å². The summed E-state index contributed by atoms with van der Waals surface area (Å²) in [6.45, 7) is 3.32. The van der Waals surface area contributed by atoms with Crippen molar-refractivity contribution in [2.24, 2.45) is 5.92 Å². The molecule has 98 valence electrons. The summed E-state index contributed by atoms with van der Waals surface area (Å²) in [4.78, 5) is 18.3. The molecule has 2 fully saturated rings. The topological polar surface area (TPSA) is 26.8 Å². The van der Waals surface area contributed by atoms with Gasteiger partial charge in [-0.3, -0.25) is 0 Å². The van der Waals surface area contributed by atoms with Crippen molar-refractivity contribution in [1.82, 2.24) is 14.7 Å². The van der Waals surface area contributed by atoms with E-state index in [1.54, 1.807) is 4.90 Å². The highest BCUT2D eigenvalue weighted by molar-refractivity contribution is 5.74. The van der Waals surface area contributed by atoms with Gasteiger partial charge in [-0.15, -0.1) is 0 Å². The van der Waals surface area contributed by atoms with Gasteiger partial charge in [0.1, 0.15) is 0 Å². The predicted octanol–water partition coefficient (Wildman–Crippen LogP) is 1.47. The van der Waals surface area contributed by atoms with Gasteiger partial charge < -0.3 is 14.7 Å². The fraction of sp³-hybridized carbons (Fsp3) is 0.923. The van der Waals surface area contributed by atoms with Gasteiger partial charge in [0.05, 0.1) is 0 Å². The van der Waals surface area contributed by atoms with Crippen LogP contribution in [0.25, 0.3) is 0 Å². The van der Waals surface area contributed by atoms with E-state index < -0.39 is 0 Å². The largest absolute Gasteiger partial charge is 0.331 e. The molecular formula is C13H25N3O. The molecule has 17 heavy (non-hydrogen) atoms. The van der Waals surface area contributed by atoms with E-state index in [0.717, 1.165) is 12.5 Å². The number of carbonyl (C=O) groups excluding carboxylic acids is 1. The molecule has 0 saturated carbocycles. The molecule has 2 heterocycles. The summed E-state index contributed by atoms with van der Waals surface area (Å²) in [5.74, 6) is 0.720. The molecule has 4 nitrogen and oxygen atoms in total. The Balaban J connectivity index is 1.97. The molecule has 2 saturated heterocycles. The number of hydrogen-bond donors (Lipinski definition) is 0. The maximum atomic E-state index is 12.1. The third kappa shape index (κ3) is 2.73. The molecule has 0 N–H and O–H groups in total. The van der Waals surface area contributed by atoms with Gasteiger partial charge in [-0.2, -0.15) is 0 Å². The summed E-state index contributed by atoms with van der Waals surface area (Å²) in [5, 5.41) is 0. The Kier molecular flexibility index (Phi) is 3.92. The summed E-state index contributed by atoms with van der Waals surface area (Å²) in [6, 6.07) is 0.699. The summed E-state index contributed by atoms with van der Waals surface area (Å²) in [6.07, 6.45) is 4.88. The van der Waals surface area contributed by atoms with Crippen LogP contribution in [0, 0.1) is 5.92 Å². The summed E-state index contributed by atoms with van der Waals surface area (Å²) >= 11 is 0. The summed E-state index contributed by atoms with van der Waals surface area (Å²) in [5.41, 5.74) is 0. The zero-order valence-corrected chi connectivity index (χ0v) is 11.4. The van der Waals surface area contributed by atoms with Crippen molar-refractivity contribution in [2.75, 3.05) is 40.8 Å². The highest BCUT2D eigenvalue weighted by Crippen LogP contribution is 2.31. The van der Waals surface area contributed by atoms with E-state index in [1.165, 1.54) is 38.8 Å². The molecule has 0 aromatic rings. The lowest BCUT2D eigenvalue weighted by atomic mass is 9.88. The third-order valence-electron chi connectivity index (χ3n) is 4.23. The smallest absolute Gasteiger partial charge is 0.319 e. The first-order valence-corrected chi connectivity index (χ1v) is 6.76. The zero-order valence-electron chi connectivity index (χ0n) is 11.4. The minimum absolute atomic E-state index is 0.200. The standard InChI is InChI=1S/C13H25N3O/c1-14(2)13(17)16-8-4-5-12(16)11-6-9-15(3)10-7-11/h11-12H,4-10H2,1-3H3. The van der Waals surface area contributed by atoms with Crippen molar-refractivity contribution in [2.45, 2.75) is 31.7 Å². The van der Waals surface area contributed by atoms with Gasteiger partial charge in [-0.1, -0.05) is 0 Å². The third-order valence-corrected chi connectivity index (χ3v) is 4.23. The molecule has 1 unspecified atom stereocenters. The first kappa shape index (κ1) is 12.7. The lowest BCUT2D eigenvalue weighted by molar-refractivity contribution is 0.119. The first-order chi connectivity index (χ1) is 8.09.